The number of ether oxygens (including phenoxy) is 1. The molecule has 1 saturated heterocycles. The van der Waals surface area contributed by atoms with E-state index < -0.39 is 35.3 Å². The average Bonchev–Trinajstić information content (AvgIpc) is 3.52. The molecule has 0 spiro atoms. The van der Waals surface area contributed by atoms with E-state index in [0.717, 1.165) is 5.56 Å². The fourth-order valence-electron chi connectivity index (χ4n) is 4.79. The zero-order valence-electron chi connectivity index (χ0n) is 24.3. The number of hydrogen-bond donors (Lipinski definition) is 1. The van der Waals surface area contributed by atoms with Crippen molar-refractivity contribution in [2.24, 2.45) is 0 Å². The summed E-state index contributed by atoms with van der Waals surface area (Å²) in [4.78, 5) is 55.9. The first-order chi connectivity index (χ1) is 21.0. The summed E-state index contributed by atoms with van der Waals surface area (Å²) in [7, 11) is 0. The van der Waals surface area contributed by atoms with E-state index in [4.69, 9.17) is 16.3 Å². The van der Waals surface area contributed by atoms with Gasteiger partial charge in [0.2, 0.25) is 5.91 Å². The lowest BCUT2D eigenvalue weighted by Crippen LogP contribution is -2.60. The van der Waals surface area contributed by atoms with Gasteiger partial charge in [-0.25, -0.2) is 4.79 Å². The van der Waals surface area contributed by atoms with Gasteiger partial charge >= 0.3 is 17.8 Å². The summed E-state index contributed by atoms with van der Waals surface area (Å²) in [5.74, 6) is -2.62. The van der Waals surface area contributed by atoms with E-state index in [0.29, 0.717) is 27.6 Å². The van der Waals surface area contributed by atoms with E-state index in [1.165, 1.54) is 20.8 Å². The molecule has 0 bridgehead atoms. The standard InChI is InChI=1S/C31H30ClN7O5/c1-31(2,3)44-30(43)21-9-12-23(13-10-21)34-27(40)26(17-20-7-5-4-6-8-20)38-16-15-37(28(41)29(38)42)25-18-22(32)11-14-24(25)39-19-33-35-36-39/h4-14,18-19,26H,15-17H2,1-3H3,(H,34,40). The summed E-state index contributed by atoms with van der Waals surface area (Å²) in [5, 5.41) is 14.4. The molecular weight excluding hydrogens is 586 g/mol. The fourth-order valence-corrected chi connectivity index (χ4v) is 4.95. The second-order valence-corrected chi connectivity index (χ2v) is 11.6. The number of nitrogens with zero attached hydrogens (tertiary/aromatic N) is 6. The largest absolute Gasteiger partial charge is 0.456 e. The van der Waals surface area contributed by atoms with Crippen LogP contribution < -0.4 is 10.2 Å². The van der Waals surface area contributed by atoms with E-state index in [2.05, 4.69) is 20.8 Å². The quantitative estimate of drug-likeness (QED) is 0.234. The van der Waals surface area contributed by atoms with E-state index >= 15 is 0 Å². The van der Waals surface area contributed by atoms with Gasteiger partial charge in [0.1, 0.15) is 18.0 Å². The maximum atomic E-state index is 13.7. The van der Waals surface area contributed by atoms with Crippen molar-refractivity contribution in [2.75, 3.05) is 23.3 Å². The maximum Gasteiger partial charge on any atom is 0.338 e. The van der Waals surface area contributed by atoms with Crippen molar-refractivity contribution in [3.8, 4) is 5.69 Å². The topological polar surface area (TPSA) is 140 Å². The van der Waals surface area contributed by atoms with Crippen molar-refractivity contribution >= 4 is 46.7 Å². The Balaban J connectivity index is 1.38. The summed E-state index contributed by atoms with van der Waals surface area (Å²) in [6.07, 6.45) is 1.55. The summed E-state index contributed by atoms with van der Waals surface area (Å²) in [6.45, 7) is 5.51. The molecule has 226 valence electrons. The summed E-state index contributed by atoms with van der Waals surface area (Å²) < 4.78 is 6.77. The molecule has 12 nitrogen and oxygen atoms in total. The maximum absolute atomic E-state index is 13.7. The molecule has 1 fully saturated rings. The SMILES string of the molecule is CC(C)(C)OC(=O)c1ccc(NC(=O)C(Cc2ccccc2)N2CCN(c3cc(Cl)ccc3-n3cnnn3)C(=O)C2=O)cc1. The summed E-state index contributed by atoms with van der Waals surface area (Å²) in [6, 6.07) is 19.3. The number of halogens is 1. The van der Waals surface area contributed by atoms with Gasteiger partial charge in [0.05, 0.1) is 16.9 Å². The predicted molar refractivity (Wildman–Crippen MR) is 162 cm³/mol. The Labute approximate surface area is 258 Å². The number of benzene rings is 3. The number of rotatable bonds is 8. The Morgan fingerprint density at radius 3 is 2.34 bits per heavy atom. The van der Waals surface area contributed by atoms with Crippen LogP contribution in [0.3, 0.4) is 0 Å². The Kier molecular flexibility index (Phi) is 8.72. The van der Waals surface area contributed by atoms with Crippen LogP contribution in [-0.2, 0) is 25.5 Å². The molecular formula is C31H30ClN7O5. The molecule has 44 heavy (non-hydrogen) atoms. The molecule has 0 aliphatic carbocycles. The van der Waals surface area contributed by atoms with Gasteiger partial charge in [-0.05, 0) is 79.2 Å². The number of carbonyl (C=O) groups is 4. The third-order valence-electron chi connectivity index (χ3n) is 6.82. The molecule has 1 aliphatic rings. The predicted octanol–water partition coefficient (Wildman–Crippen LogP) is 3.70. The minimum Gasteiger partial charge on any atom is -0.456 e. The normalized spacial score (nSPS) is 14.4. The molecule has 1 aliphatic heterocycles. The Morgan fingerprint density at radius 2 is 1.68 bits per heavy atom. The summed E-state index contributed by atoms with van der Waals surface area (Å²) in [5.41, 5.74) is 1.73. The molecule has 1 unspecified atom stereocenters. The number of amides is 3. The lowest BCUT2D eigenvalue weighted by molar-refractivity contribution is -0.149. The van der Waals surface area contributed by atoms with Gasteiger partial charge in [-0.1, -0.05) is 41.9 Å². The van der Waals surface area contributed by atoms with E-state index in [1.807, 2.05) is 30.3 Å². The van der Waals surface area contributed by atoms with Gasteiger partial charge in [-0.15, -0.1) is 5.10 Å². The van der Waals surface area contributed by atoms with Gasteiger partial charge in [-0.2, -0.15) is 4.68 Å². The minimum atomic E-state index is -1.00. The number of hydrogen-bond acceptors (Lipinski definition) is 8. The van der Waals surface area contributed by atoms with Crippen molar-refractivity contribution in [1.82, 2.24) is 25.1 Å². The molecule has 2 heterocycles. The van der Waals surface area contributed by atoms with Gasteiger partial charge in [0.15, 0.2) is 0 Å². The number of esters is 1. The first-order valence-corrected chi connectivity index (χ1v) is 14.2. The molecule has 1 N–H and O–H groups in total. The van der Waals surface area contributed by atoms with Crippen LogP contribution >= 0.6 is 11.6 Å². The van der Waals surface area contributed by atoms with Crippen LogP contribution in [0.25, 0.3) is 5.69 Å². The van der Waals surface area contributed by atoms with Crippen molar-refractivity contribution < 1.29 is 23.9 Å². The number of anilines is 2. The highest BCUT2D eigenvalue weighted by atomic mass is 35.5. The van der Waals surface area contributed by atoms with Crippen molar-refractivity contribution in [3.63, 3.8) is 0 Å². The molecule has 1 atom stereocenters. The number of aromatic nitrogens is 4. The highest BCUT2D eigenvalue weighted by Gasteiger charge is 2.40. The first-order valence-electron chi connectivity index (χ1n) is 13.8. The van der Waals surface area contributed by atoms with Crippen molar-refractivity contribution in [3.05, 3.63) is 95.3 Å². The second-order valence-electron chi connectivity index (χ2n) is 11.1. The van der Waals surface area contributed by atoms with Crippen molar-refractivity contribution in [2.45, 2.75) is 38.8 Å². The lowest BCUT2D eigenvalue weighted by atomic mass is 10.0. The van der Waals surface area contributed by atoms with Crippen LogP contribution in [0.15, 0.2) is 79.1 Å². The Morgan fingerprint density at radius 1 is 0.955 bits per heavy atom. The van der Waals surface area contributed by atoms with Gasteiger partial charge in [0, 0.05) is 30.2 Å². The van der Waals surface area contributed by atoms with E-state index in [-0.39, 0.29) is 19.5 Å². The molecule has 5 rings (SSSR count). The minimum absolute atomic E-state index is 0.0780. The Hall–Kier alpha value is -5.10. The van der Waals surface area contributed by atoms with Crippen LogP contribution in [0.1, 0.15) is 36.7 Å². The van der Waals surface area contributed by atoms with E-state index in [1.54, 1.807) is 63.2 Å². The molecule has 4 aromatic rings. The monoisotopic (exact) mass is 615 g/mol. The molecule has 0 radical (unpaired) electrons. The zero-order chi connectivity index (χ0) is 31.4. The lowest BCUT2D eigenvalue weighted by Gasteiger charge is -2.38. The first kappa shape index (κ1) is 30.4. The van der Waals surface area contributed by atoms with Crippen LogP contribution in [0.2, 0.25) is 5.02 Å². The van der Waals surface area contributed by atoms with Gasteiger partial charge < -0.3 is 19.9 Å². The smallest absolute Gasteiger partial charge is 0.338 e. The third kappa shape index (κ3) is 6.92. The van der Waals surface area contributed by atoms with E-state index in [9.17, 15) is 19.2 Å². The van der Waals surface area contributed by atoms with Gasteiger partial charge in [0.25, 0.3) is 0 Å². The van der Waals surface area contributed by atoms with Gasteiger partial charge in [-0.3, -0.25) is 14.4 Å². The Bertz CT molecular complexity index is 1670. The average molecular weight is 616 g/mol. The summed E-state index contributed by atoms with van der Waals surface area (Å²) >= 11 is 6.25. The second kappa shape index (κ2) is 12.6. The molecule has 1 aromatic heterocycles. The number of piperazine rings is 1. The molecule has 3 aromatic carbocycles. The van der Waals surface area contributed by atoms with Crippen LogP contribution in [0, 0.1) is 0 Å². The third-order valence-corrected chi connectivity index (χ3v) is 7.05. The fraction of sp³-hybridized carbons (Fsp3) is 0.258. The number of tetrazole rings is 1. The molecule has 13 heteroatoms. The highest BCUT2D eigenvalue weighted by Crippen LogP contribution is 2.30. The zero-order valence-corrected chi connectivity index (χ0v) is 25.1. The van der Waals surface area contributed by atoms with Crippen LogP contribution in [-0.4, -0.2) is 73.5 Å². The number of nitrogens with one attached hydrogen (secondary N) is 1. The van der Waals surface area contributed by atoms with Crippen LogP contribution in [0.5, 0.6) is 0 Å². The highest BCUT2D eigenvalue weighted by molar-refractivity contribution is 6.41. The van der Waals surface area contributed by atoms with Crippen molar-refractivity contribution in [1.29, 1.82) is 0 Å². The molecule has 0 saturated carbocycles. The number of carbonyl (C=O) groups excluding carboxylic acids is 4. The van der Waals surface area contributed by atoms with Crippen LogP contribution in [0.4, 0.5) is 11.4 Å². The molecule has 3 amide bonds.